The molecule has 22 heavy (non-hydrogen) atoms. The second-order valence-electron chi connectivity index (χ2n) is 5.41. The highest BCUT2D eigenvalue weighted by Gasteiger charge is 2.40. The first-order valence-electron chi connectivity index (χ1n) is 7.06. The summed E-state index contributed by atoms with van der Waals surface area (Å²) in [7, 11) is 0. The first-order valence-corrected chi connectivity index (χ1v) is 7.06. The first-order chi connectivity index (χ1) is 10.7. The Balaban J connectivity index is 1.49. The lowest BCUT2D eigenvalue weighted by molar-refractivity contribution is 0.0946. The van der Waals surface area contributed by atoms with Gasteiger partial charge >= 0.3 is 0 Å². The van der Waals surface area contributed by atoms with Crippen LogP contribution in [0.15, 0.2) is 49.1 Å². The molecule has 1 N–H and O–H groups in total. The van der Waals surface area contributed by atoms with Crippen molar-refractivity contribution in [1.82, 2.24) is 19.7 Å². The van der Waals surface area contributed by atoms with Gasteiger partial charge in [-0.1, -0.05) is 12.1 Å². The summed E-state index contributed by atoms with van der Waals surface area (Å²) >= 11 is 0. The molecule has 110 valence electrons. The zero-order valence-corrected chi connectivity index (χ0v) is 11.6. The van der Waals surface area contributed by atoms with E-state index in [4.69, 9.17) is 0 Å². The molecule has 2 atom stereocenters. The lowest BCUT2D eigenvalue weighted by Gasteiger charge is -2.05. The van der Waals surface area contributed by atoms with Gasteiger partial charge < -0.3 is 9.72 Å². The van der Waals surface area contributed by atoms with Crippen molar-refractivity contribution in [3.8, 4) is 0 Å². The minimum absolute atomic E-state index is 0.0648. The van der Waals surface area contributed by atoms with Crippen LogP contribution in [0.25, 0.3) is 5.65 Å². The Hall–Kier alpha value is -2.76. The normalized spacial score (nSPS) is 20.0. The molecule has 2 aromatic heterocycles. The van der Waals surface area contributed by atoms with Crippen LogP contribution in [0, 0.1) is 5.82 Å². The van der Waals surface area contributed by atoms with E-state index in [0.29, 0.717) is 11.3 Å². The molecule has 0 spiro atoms. The highest BCUT2D eigenvalue weighted by molar-refractivity contribution is 5.98. The van der Waals surface area contributed by atoms with Crippen LogP contribution in [0.2, 0.25) is 0 Å². The third-order valence-corrected chi connectivity index (χ3v) is 3.93. The van der Waals surface area contributed by atoms with E-state index in [1.807, 2.05) is 0 Å². The van der Waals surface area contributed by atoms with Gasteiger partial charge in [0.1, 0.15) is 5.82 Å². The number of nitrogens with zero attached hydrogens (tertiary/aromatic N) is 3. The van der Waals surface area contributed by atoms with Crippen molar-refractivity contribution < 1.29 is 9.18 Å². The highest BCUT2D eigenvalue weighted by atomic mass is 19.1. The molecule has 3 aromatic rings. The van der Waals surface area contributed by atoms with Crippen LogP contribution >= 0.6 is 0 Å². The average Bonchev–Trinajstić information content (AvgIpc) is 3.11. The van der Waals surface area contributed by atoms with Gasteiger partial charge in [-0.25, -0.2) is 14.4 Å². The number of hydrogen-bond donors (Lipinski definition) is 1. The summed E-state index contributed by atoms with van der Waals surface area (Å²) < 4.78 is 14.7. The summed E-state index contributed by atoms with van der Waals surface area (Å²) in [6, 6.07) is 6.48. The minimum atomic E-state index is -0.250. The maximum atomic E-state index is 12.9. The van der Waals surface area contributed by atoms with Crippen LogP contribution in [0.5, 0.6) is 0 Å². The number of hydrogen-bond acceptors (Lipinski definition) is 3. The van der Waals surface area contributed by atoms with Gasteiger partial charge in [-0.2, -0.15) is 0 Å². The fourth-order valence-corrected chi connectivity index (χ4v) is 2.68. The number of rotatable bonds is 3. The third-order valence-electron chi connectivity index (χ3n) is 3.93. The van der Waals surface area contributed by atoms with Gasteiger partial charge in [0.25, 0.3) is 5.91 Å². The third kappa shape index (κ3) is 2.22. The highest BCUT2D eigenvalue weighted by Crippen LogP contribution is 2.40. The molecule has 0 unspecified atom stereocenters. The van der Waals surface area contributed by atoms with Gasteiger partial charge in [0.05, 0.1) is 0 Å². The van der Waals surface area contributed by atoms with E-state index in [2.05, 4.69) is 15.3 Å². The van der Waals surface area contributed by atoms with Gasteiger partial charge in [0.15, 0.2) is 11.3 Å². The summed E-state index contributed by atoms with van der Waals surface area (Å²) in [6.07, 6.45) is 7.58. The fourth-order valence-electron chi connectivity index (χ4n) is 2.68. The van der Waals surface area contributed by atoms with E-state index < -0.39 is 0 Å². The summed E-state index contributed by atoms with van der Waals surface area (Å²) in [5.41, 5.74) is 1.90. The number of benzene rings is 1. The predicted molar refractivity (Wildman–Crippen MR) is 78.0 cm³/mol. The monoisotopic (exact) mass is 296 g/mol. The maximum Gasteiger partial charge on any atom is 0.273 e. The molecule has 1 fully saturated rings. The molecule has 6 heteroatoms. The van der Waals surface area contributed by atoms with Crippen molar-refractivity contribution in [3.05, 3.63) is 66.1 Å². The molecule has 1 saturated carbocycles. The first kappa shape index (κ1) is 12.9. The van der Waals surface area contributed by atoms with E-state index in [1.54, 1.807) is 41.3 Å². The van der Waals surface area contributed by atoms with Crippen LogP contribution in [0.4, 0.5) is 4.39 Å². The zero-order chi connectivity index (χ0) is 15.1. The Bertz CT molecular complexity index is 843. The summed E-state index contributed by atoms with van der Waals surface area (Å²) in [5.74, 6) is -0.240. The van der Waals surface area contributed by atoms with Gasteiger partial charge in [0.2, 0.25) is 0 Å². The van der Waals surface area contributed by atoms with Crippen LogP contribution in [-0.2, 0) is 0 Å². The van der Waals surface area contributed by atoms with Crippen molar-refractivity contribution in [2.75, 3.05) is 0 Å². The Morgan fingerprint density at radius 3 is 2.68 bits per heavy atom. The number of carbonyl (C=O) groups excluding carboxylic acids is 1. The van der Waals surface area contributed by atoms with E-state index in [1.165, 1.54) is 12.1 Å². The van der Waals surface area contributed by atoms with E-state index in [0.717, 1.165) is 12.0 Å². The molecule has 1 aromatic carbocycles. The molecule has 2 heterocycles. The molecule has 1 aliphatic rings. The molecular formula is C16H13FN4O. The van der Waals surface area contributed by atoms with Gasteiger partial charge in [0, 0.05) is 36.7 Å². The number of amides is 1. The van der Waals surface area contributed by atoms with Crippen molar-refractivity contribution >= 4 is 11.6 Å². The topological polar surface area (TPSA) is 59.3 Å². The predicted octanol–water partition coefficient (Wildman–Crippen LogP) is 2.15. The average molecular weight is 296 g/mol. The number of halogens is 1. The number of nitrogens with one attached hydrogen (secondary N) is 1. The van der Waals surface area contributed by atoms with Crippen molar-refractivity contribution in [2.45, 2.75) is 18.4 Å². The van der Waals surface area contributed by atoms with Crippen molar-refractivity contribution in [1.29, 1.82) is 0 Å². The molecule has 0 aliphatic heterocycles. The molecule has 5 nitrogen and oxygen atoms in total. The van der Waals surface area contributed by atoms with Crippen LogP contribution < -0.4 is 5.32 Å². The minimum Gasteiger partial charge on any atom is -0.347 e. The van der Waals surface area contributed by atoms with Gasteiger partial charge in [-0.15, -0.1) is 0 Å². The van der Waals surface area contributed by atoms with E-state index in [9.17, 15) is 9.18 Å². The molecule has 0 bridgehead atoms. The molecule has 1 amide bonds. The number of imidazole rings is 1. The van der Waals surface area contributed by atoms with Gasteiger partial charge in [-0.05, 0) is 24.1 Å². The van der Waals surface area contributed by atoms with Crippen LogP contribution in [0.1, 0.15) is 28.4 Å². The van der Waals surface area contributed by atoms with Crippen molar-refractivity contribution in [2.24, 2.45) is 0 Å². The Kier molecular flexibility index (Phi) is 2.89. The van der Waals surface area contributed by atoms with E-state index in [-0.39, 0.29) is 23.7 Å². The number of fused-ring (bicyclic) bond motifs is 1. The summed E-state index contributed by atoms with van der Waals surface area (Å²) in [6.45, 7) is 0. The smallest absolute Gasteiger partial charge is 0.273 e. The quantitative estimate of drug-likeness (QED) is 0.805. The molecular weight excluding hydrogens is 283 g/mol. The second-order valence-corrected chi connectivity index (χ2v) is 5.41. The van der Waals surface area contributed by atoms with Gasteiger partial charge in [-0.3, -0.25) is 4.79 Å². The lowest BCUT2D eigenvalue weighted by atomic mass is 10.1. The van der Waals surface area contributed by atoms with Crippen molar-refractivity contribution in [3.63, 3.8) is 0 Å². The number of carbonyl (C=O) groups is 1. The summed E-state index contributed by atoms with van der Waals surface area (Å²) in [4.78, 5) is 20.6. The Labute approximate surface area is 125 Å². The van der Waals surface area contributed by atoms with Crippen LogP contribution in [0.3, 0.4) is 0 Å². The fraction of sp³-hybridized carbons (Fsp3) is 0.188. The summed E-state index contributed by atoms with van der Waals surface area (Å²) in [5, 5.41) is 2.97. The Morgan fingerprint density at radius 1 is 1.18 bits per heavy atom. The van der Waals surface area contributed by atoms with E-state index >= 15 is 0 Å². The SMILES string of the molecule is O=C(N[C@@H]1C[C@H]1c1ccc(F)cc1)c1nccn2ccnc12. The maximum absolute atomic E-state index is 12.9. The molecule has 0 saturated heterocycles. The largest absolute Gasteiger partial charge is 0.347 e. The standard InChI is InChI=1S/C16H13FN4O/c17-11-3-1-10(2-4-11)12-9-13(12)20-16(22)14-15-19-6-8-21(15)7-5-18-14/h1-8,12-13H,9H2,(H,20,22)/t12-,13+/m0/s1. The molecule has 0 radical (unpaired) electrons. The molecule has 1 aliphatic carbocycles. The number of aromatic nitrogens is 3. The Morgan fingerprint density at radius 2 is 1.91 bits per heavy atom. The lowest BCUT2D eigenvalue weighted by Crippen LogP contribution is -2.28. The second kappa shape index (κ2) is 4.91. The van der Waals surface area contributed by atoms with Crippen LogP contribution in [-0.4, -0.2) is 26.3 Å². The zero-order valence-electron chi connectivity index (χ0n) is 11.6. The molecule has 4 rings (SSSR count).